The molecule has 0 saturated carbocycles. The molecule has 1 atom stereocenters. The molecule has 0 aromatic heterocycles. The van der Waals surface area contributed by atoms with Gasteiger partial charge in [0.2, 0.25) is 0 Å². The summed E-state index contributed by atoms with van der Waals surface area (Å²) < 4.78 is 1.13. The molecule has 0 saturated heterocycles. The molecule has 2 nitrogen and oxygen atoms in total. The van der Waals surface area contributed by atoms with Gasteiger partial charge in [-0.2, -0.15) is 0 Å². The van der Waals surface area contributed by atoms with Gasteiger partial charge in [0.1, 0.15) is 0 Å². The van der Waals surface area contributed by atoms with E-state index in [2.05, 4.69) is 47.3 Å². The minimum atomic E-state index is -0.00539. The summed E-state index contributed by atoms with van der Waals surface area (Å²) in [6.45, 7) is 4.15. The van der Waals surface area contributed by atoms with Crippen LogP contribution in [0, 0.1) is 13.8 Å². The third-order valence-corrected chi connectivity index (χ3v) is 5.34. The Morgan fingerprint density at radius 3 is 2.29 bits per heavy atom. The smallest absolute Gasteiger partial charge is 0.0501 e. The lowest BCUT2D eigenvalue weighted by atomic mass is 9.96. The number of hydrazine groups is 1. The van der Waals surface area contributed by atoms with Gasteiger partial charge in [-0.3, -0.25) is 11.3 Å². The van der Waals surface area contributed by atoms with Crippen LogP contribution in [-0.4, -0.2) is 0 Å². The van der Waals surface area contributed by atoms with Gasteiger partial charge < -0.3 is 0 Å². The maximum atomic E-state index is 6.25. The average Bonchev–Trinajstić information content (AvgIpc) is 2.43. The SMILES string of the molecule is Cc1cc(C(Cc2ccc(Cl)cc2Cl)NN)cc(C)c1Br. The van der Waals surface area contributed by atoms with E-state index in [0.717, 1.165) is 15.6 Å². The summed E-state index contributed by atoms with van der Waals surface area (Å²) in [5, 5.41) is 1.30. The normalized spacial score (nSPS) is 12.5. The molecule has 2 rings (SSSR count). The zero-order chi connectivity index (χ0) is 15.6. The van der Waals surface area contributed by atoms with E-state index >= 15 is 0 Å². The van der Waals surface area contributed by atoms with Crippen molar-refractivity contribution in [3.8, 4) is 0 Å². The zero-order valence-corrected chi connectivity index (χ0v) is 15.0. The second-order valence-corrected chi connectivity index (χ2v) is 6.76. The van der Waals surface area contributed by atoms with Crippen LogP contribution in [0.4, 0.5) is 0 Å². The van der Waals surface area contributed by atoms with Crippen LogP contribution >= 0.6 is 39.1 Å². The van der Waals surface area contributed by atoms with Crippen LogP contribution in [0.5, 0.6) is 0 Å². The standard InChI is InChI=1S/C16H17BrCl2N2/c1-9-5-12(6-10(2)16(9)17)15(21-20)7-11-3-4-13(18)8-14(11)19/h3-6,8,15,21H,7,20H2,1-2H3. The van der Waals surface area contributed by atoms with E-state index in [1.54, 1.807) is 6.07 Å². The number of hydrogen-bond donors (Lipinski definition) is 2. The van der Waals surface area contributed by atoms with Crippen LogP contribution in [0.25, 0.3) is 0 Å². The molecule has 0 aliphatic carbocycles. The molecule has 0 bridgehead atoms. The van der Waals surface area contributed by atoms with Crippen molar-refractivity contribution >= 4 is 39.1 Å². The summed E-state index contributed by atoms with van der Waals surface area (Å²) in [4.78, 5) is 0. The van der Waals surface area contributed by atoms with E-state index in [1.807, 2.05) is 12.1 Å². The van der Waals surface area contributed by atoms with Crippen molar-refractivity contribution in [1.82, 2.24) is 5.43 Å². The topological polar surface area (TPSA) is 38.0 Å². The van der Waals surface area contributed by atoms with Crippen LogP contribution in [-0.2, 0) is 6.42 Å². The van der Waals surface area contributed by atoms with Gasteiger partial charge in [0.05, 0.1) is 6.04 Å². The predicted molar refractivity (Wildman–Crippen MR) is 93.8 cm³/mol. The largest absolute Gasteiger partial charge is 0.271 e. The highest BCUT2D eigenvalue weighted by Crippen LogP contribution is 2.29. The van der Waals surface area contributed by atoms with Gasteiger partial charge in [0.25, 0.3) is 0 Å². The van der Waals surface area contributed by atoms with Crippen molar-refractivity contribution in [2.75, 3.05) is 0 Å². The molecule has 2 aromatic rings. The molecule has 0 amide bonds. The molecule has 2 aromatic carbocycles. The molecule has 0 heterocycles. The van der Waals surface area contributed by atoms with E-state index in [4.69, 9.17) is 29.0 Å². The van der Waals surface area contributed by atoms with E-state index in [1.165, 1.54) is 11.1 Å². The molecule has 0 radical (unpaired) electrons. The Labute approximate surface area is 143 Å². The second-order valence-electron chi connectivity index (χ2n) is 5.13. The molecule has 3 N–H and O–H groups in total. The molecule has 112 valence electrons. The van der Waals surface area contributed by atoms with Crippen molar-refractivity contribution in [2.45, 2.75) is 26.3 Å². The van der Waals surface area contributed by atoms with Gasteiger partial charge in [-0.15, -0.1) is 0 Å². The number of rotatable bonds is 4. The minimum absolute atomic E-state index is 0.00539. The second kappa shape index (κ2) is 7.12. The predicted octanol–water partition coefficient (Wildman–Crippen LogP) is 5.12. The third-order valence-electron chi connectivity index (χ3n) is 3.50. The lowest BCUT2D eigenvalue weighted by Crippen LogP contribution is -2.29. The number of nitrogens with two attached hydrogens (primary N) is 1. The van der Waals surface area contributed by atoms with Crippen LogP contribution in [0.2, 0.25) is 10.0 Å². The number of benzene rings is 2. The van der Waals surface area contributed by atoms with Gasteiger partial charge in [-0.05, 0) is 54.7 Å². The first-order valence-corrected chi connectivity index (χ1v) is 8.14. The first-order valence-electron chi connectivity index (χ1n) is 6.59. The maximum absolute atomic E-state index is 6.25. The van der Waals surface area contributed by atoms with Crippen LogP contribution in [0.15, 0.2) is 34.8 Å². The maximum Gasteiger partial charge on any atom is 0.0501 e. The highest BCUT2D eigenvalue weighted by Gasteiger charge is 2.15. The molecule has 0 aliphatic rings. The fourth-order valence-corrected chi connectivity index (χ4v) is 3.08. The quantitative estimate of drug-likeness (QED) is 0.564. The summed E-state index contributed by atoms with van der Waals surface area (Å²) in [5.41, 5.74) is 7.41. The number of halogens is 3. The molecule has 0 aliphatic heterocycles. The number of hydrogen-bond acceptors (Lipinski definition) is 2. The molecule has 21 heavy (non-hydrogen) atoms. The Kier molecular flexibility index (Phi) is 5.69. The van der Waals surface area contributed by atoms with Crippen molar-refractivity contribution in [3.05, 3.63) is 67.1 Å². The number of nitrogens with one attached hydrogen (secondary N) is 1. The number of aryl methyl sites for hydroxylation is 2. The van der Waals surface area contributed by atoms with Gasteiger partial charge >= 0.3 is 0 Å². The summed E-state index contributed by atoms with van der Waals surface area (Å²) in [5.74, 6) is 5.74. The van der Waals surface area contributed by atoms with Crippen molar-refractivity contribution in [1.29, 1.82) is 0 Å². The lowest BCUT2D eigenvalue weighted by Gasteiger charge is -2.19. The molecular formula is C16H17BrCl2N2. The Morgan fingerprint density at radius 2 is 1.76 bits per heavy atom. The van der Waals surface area contributed by atoms with Gasteiger partial charge in [0.15, 0.2) is 0 Å². The van der Waals surface area contributed by atoms with Gasteiger partial charge in [-0.1, -0.05) is 57.3 Å². The van der Waals surface area contributed by atoms with E-state index < -0.39 is 0 Å². The van der Waals surface area contributed by atoms with E-state index in [9.17, 15) is 0 Å². The fourth-order valence-electron chi connectivity index (χ4n) is 2.36. The minimum Gasteiger partial charge on any atom is -0.271 e. The Bertz CT molecular complexity index is 636. The first-order chi connectivity index (χ1) is 9.92. The monoisotopic (exact) mass is 386 g/mol. The molecule has 1 unspecified atom stereocenters. The Morgan fingerprint density at radius 1 is 1.14 bits per heavy atom. The average molecular weight is 388 g/mol. The van der Waals surface area contributed by atoms with Crippen molar-refractivity contribution < 1.29 is 0 Å². The summed E-state index contributed by atoms with van der Waals surface area (Å²) >= 11 is 15.8. The molecular weight excluding hydrogens is 371 g/mol. The van der Waals surface area contributed by atoms with E-state index in [0.29, 0.717) is 16.5 Å². The van der Waals surface area contributed by atoms with Gasteiger partial charge in [0, 0.05) is 14.5 Å². The molecule has 5 heteroatoms. The Hall–Kier alpha value is -0.580. The van der Waals surface area contributed by atoms with Crippen molar-refractivity contribution in [2.24, 2.45) is 5.84 Å². The third kappa shape index (κ3) is 3.99. The summed E-state index contributed by atoms with van der Waals surface area (Å²) in [6.07, 6.45) is 0.701. The Balaban J connectivity index is 2.32. The lowest BCUT2D eigenvalue weighted by molar-refractivity contribution is 0.551. The van der Waals surface area contributed by atoms with E-state index in [-0.39, 0.29) is 6.04 Å². The zero-order valence-electron chi connectivity index (χ0n) is 11.9. The fraction of sp³-hybridized carbons (Fsp3) is 0.250. The first kappa shape index (κ1) is 16.8. The molecule has 0 fully saturated rings. The highest BCUT2D eigenvalue weighted by atomic mass is 79.9. The van der Waals surface area contributed by atoms with Crippen molar-refractivity contribution in [3.63, 3.8) is 0 Å². The van der Waals surface area contributed by atoms with Crippen LogP contribution in [0.1, 0.15) is 28.3 Å². The van der Waals surface area contributed by atoms with Crippen LogP contribution < -0.4 is 11.3 Å². The summed E-state index contributed by atoms with van der Waals surface area (Å²) in [6, 6.07) is 9.79. The molecule has 0 spiro atoms. The van der Waals surface area contributed by atoms with Gasteiger partial charge in [-0.25, -0.2) is 0 Å². The summed E-state index contributed by atoms with van der Waals surface area (Å²) in [7, 11) is 0. The highest BCUT2D eigenvalue weighted by molar-refractivity contribution is 9.10. The van der Waals surface area contributed by atoms with Crippen LogP contribution in [0.3, 0.4) is 0 Å².